The average Bonchev–Trinajstić information content (AvgIpc) is 2.45. The highest BCUT2D eigenvalue weighted by molar-refractivity contribution is 5.16. The van der Waals surface area contributed by atoms with E-state index in [4.69, 9.17) is 0 Å². The highest BCUT2D eigenvalue weighted by Gasteiger charge is 2.30. The molecule has 4 unspecified atom stereocenters. The molecule has 0 saturated carbocycles. The van der Waals surface area contributed by atoms with Gasteiger partial charge in [0.05, 0.1) is 6.61 Å². The van der Waals surface area contributed by atoms with Gasteiger partial charge in [0.2, 0.25) is 0 Å². The molecule has 1 aliphatic rings. The van der Waals surface area contributed by atoms with Crippen LogP contribution < -0.4 is 5.32 Å². The van der Waals surface area contributed by atoms with Crippen molar-refractivity contribution in [3.8, 4) is 0 Å². The SMILES string of the molecule is CC1CN(C)C(C)CC1NC(CO)Cc1ccccc1. The highest BCUT2D eigenvalue weighted by Crippen LogP contribution is 2.21. The third kappa shape index (κ3) is 4.05. The second-order valence-corrected chi connectivity index (χ2v) is 6.34. The van der Waals surface area contributed by atoms with Crippen LogP contribution in [0.25, 0.3) is 0 Å². The van der Waals surface area contributed by atoms with Crippen LogP contribution in [0, 0.1) is 5.92 Å². The van der Waals surface area contributed by atoms with Crippen molar-refractivity contribution in [1.29, 1.82) is 0 Å². The van der Waals surface area contributed by atoms with Crippen LogP contribution in [0.3, 0.4) is 0 Å². The van der Waals surface area contributed by atoms with Crippen molar-refractivity contribution in [3.63, 3.8) is 0 Å². The maximum Gasteiger partial charge on any atom is 0.0587 e. The number of likely N-dealkylation sites (tertiary alicyclic amines) is 1. The first-order valence-electron chi connectivity index (χ1n) is 7.71. The Morgan fingerprint density at radius 3 is 2.65 bits per heavy atom. The molecule has 1 fully saturated rings. The minimum Gasteiger partial charge on any atom is -0.395 e. The van der Waals surface area contributed by atoms with Crippen LogP contribution >= 0.6 is 0 Å². The molecule has 20 heavy (non-hydrogen) atoms. The van der Waals surface area contributed by atoms with Crippen LogP contribution in [-0.4, -0.2) is 48.3 Å². The average molecular weight is 276 g/mol. The summed E-state index contributed by atoms with van der Waals surface area (Å²) in [6.07, 6.45) is 2.05. The van der Waals surface area contributed by atoms with Crippen molar-refractivity contribution in [2.45, 2.75) is 44.8 Å². The Balaban J connectivity index is 1.92. The minimum absolute atomic E-state index is 0.153. The van der Waals surface area contributed by atoms with E-state index in [1.165, 1.54) is 5.56 Å². The second-order valence-electron chi connectivity index (χ2n) is 6.34. The van der Waals surface area contributed by atoms with Gasteiger partial charge in [-0.25, -0.2) is 0 Å². The van der Waals surface area contributed by atoms with E-state index in [9.17, 15) is 5.11 Å². The first-order chi connectivity index (χ1) is 9.60. The molecule has 0 aromatic heterocycles. The standard InChI is InChI=1S/C17H28N2O/c1-13-11-19(3)14(2)9-17(13)18-16(12-20)10-15-7-5-4-6-8-15/h4-8,13-14,16-18,20H,9-12H2,1-3H3. The maximum atomic E-state index is 9.65. The quantitative estimate of drug-likeness (QED) is 0.862. The summed E-state index contributed by atoms with van der Waals surface area (Å²) in [4.78, 5) is 2.42. The summed E-state index contributed by atoms with van der Waals surface area (Å²) < 4.78 is 0. The van der Waals surface area contributed by atoms with Gasteiger partial charge >= 0.3 is 0 Å². The van der Waals surface area contributed by atoms with Crippen molar-refractivity contribution < 1.29 is 5.11 Å². The van der Waals surface area contributed by atoms with E-state index >= 15 is 0 Å². The summed E-state index contributed by atoms with van der Waals surface area (Å²) in [7, 11) is 2.20. The van der Waals surface area contributed by atoms with Crippen LogP contribution in [-0.2, 0) is 6.42 Å². The lowest BCUT2D eigenvalue weighted by Crippen LogP contribution is -2.54. The molecular weight excluding hydrogens is 248 g/mol. The molecule has 1 heterocycles. The second kappa shape index (κ2) is 7.21. The fourth-order valence-corrected chi connectivity index (χ4v) is 3.15. The van der Waals surface area contributed by atoms with E-state index in [1.54, 1.807) is 0 Å². The third-order valence-corrected chi connectivity index (χ3v) is 4.61. The largest absolute Gasteiger partial charge is 0.395 e. The van der Waals surface area contributed by atoms with Crippen molar-refractivity contribution in [2.24, 2.45) is 5.92 Å². The molecule has 2 N–H and O–H groups in total. The Hall–Kier alpha value is -0.900. The normalized spacial score (nSPS) is 29.3. The predicted molar refractivity (Wildman–Crippen MR) is 83.8 cm³/mol. The Kier molecular flexibility index (Phi) is 5.58. The number of benzene rings is 1. The van der Waals surface area contributed by atoms with Crippen LogP contribution in [0.2, 0.25) is 0 Å². The fourth-order valence-electron chi connectivity index (χ4n) is 3.15. The molecule has 0 radical (unpaired) electrons. The maximum absolute atomic E-state index is 9.65. The minimum atomic E-state index is 0.153. The smallest absolute Gasteiger partial charge is 0.0587 e. The lowest BCUT2D eigenvalue weighted by Gasteiger charge is -2.41. The molecule has 0 aliphatic carbocycles. The predicted octanol–water partition coefficient (Wildman–Crippen LogP) is 1.91. The molecule has 1 aromatic rings. The van der Waals surface area contributed by atoms with Gasteiger partial charge in [-0.1, -0.05) is 37.3 Å². The number of hydrogen-bond acceptors (Lipinski definition) is 3. The molecule has 112 valence electrons. The van der Waals surface area contributed by atoms with Gasteiger partial charge in [-0.15, -0.1) is 0 Å². The van der Waals surface area contributed by atoms with Crippen molar-refractivity contribution >= 4 is 0 Å². The molecule has 4 atom stereocenters. The van der Waals surface area contributed by atoms with Gasteiger partial charge in [-0.2, -0.15) is 0 Å². The Labute approximate surface area is 123 Å². The molecule has 0 amide bonds. The van der Waals surface area contributed by atoms with Gasteiger partial charge in [0.1, 0.15) is 0 Å². The van der Waals surface area contributed by atoms with E-state index in [2.05, 4.69) is 55.4 Å². The summed E-state index contributed by atoms with van der Waals surface area (Å²) in [5, 5.41) is 13.3. The van der Waals surface area contributed by atoms with Crippen molar-refractivity contribution in [2.75, 3.05) is 20.2 Å². The van der Waals surface area contributed by atoms with Crippen LogP contribution in [0.4, 0.5) is 0 Å². The molecule has 2 rings (SSSR count). The number of piperidine rings is 1. The topological polar surface area (TPSA) is 35.5 Å². The Morgan fingerprint density at radius 2 is 2.00 bits per heavy atom. The van der Waals surface area contributed by atoms with Gasteiger partial charge in [-0.3, -0.25) is 0 Å². The van der Waals surface area contributed by atoms with Crippen LogP contribution in [0.5, 0.6) is 0 Å². The zero-order valence-electron chi connectivity index (χ0n) is 12.9. The van der Waals surface area contributed by atoms with Crippen molar-refractivity contribution in [3.05, 3.63) is 35.9 Å². The van der Waals surface area contributed by atoms with Gasteiger partial charge in [-0.05, 0) is 38.3 Å². The lowest BCUT2D eigenvalue weighted by atomic mass is 9.89. The zero-order chi connectivity index (χ0) is 14.5. The Bertz CT molecular complexity index is 395. The molecule has 1 aromatic carbocycles. The summed E-state index contributed by atoms with van der Waals surface area (Å²) in [5.74, 6) is 0.626. The van der Waals surface area contributed by atoms with Crippen LogP contribution in [0.1, 0.15) is 25.8 Å². The van der Waals surface area contributed by atoms with E-state index in [0.29, 0.717) is 18.0 Å². The number of nitrogens with one attached hydrogen (secondary N) is 1. The number of nitrogens with zero attached hydrogens (tertiary/aromatic N) is 1. The van der Waals surface area contributed by atoms with Gasteiger partial charge in [0, 0.05) is 24.7 Å². The first kappa shape index (κ1) is 15.5. The molecule has 0 bridgehead atoms. The number of hydrogen-bond donors (Lipinski definition) is 2. The Morgan fingerprint density at radius 1 is 1.30 bits per heavy atom. The third-order valence-electron chi connectivity index (χ3n) is 4.61. The van der Waals surface area contributed by atoms with E-state index in [-0.39, 0.29) is 12.6 Å². The van der Waals surface area contributed by atoms with E-state index in [1.807, 2.05) is 6.07 Å². The summed E-state index contributed by atoms with van der Waals surface area (Å²) >= 11 is 0. The number of aliphatic hydroxyl groups excluding tert-OH is 1. The molecule has 3 nitrogen and oxygen atoms in total. The monoisotopic (exact) mass is 276 g/mol. The number of rotatable bonds is 5. The highest BCUT2D eigenvalue weighted by atomic mass is 16.3. The molecular formula is C17H28N2O. The van der Waals surface area contributed by atoms with Crippen LogP contribution in [0.15, 0.2) is 30.3 Å². The first-order valence-corrected chi connectivity index (χ1v) is 7.71. The van der Waals surface area contributed by atoms with Gasteiger partial charge in [0.15, 0.2) is 0 Å². The number of aliphatic hydroxyl groups is 1. The zero-order valence-corrected chi connectivity index (χ0v) is 12.9. The summed E-state index contributed by atoms with van der Waals surface area (Å²) in [5.41, 5.74) is 1.28. The van der Waals surface area contributed by atoms with Gasteiger partial charge < -0.3 is 15.3 Å². The lowest BCUT2D eigenvalue weighted by molar-refractivity contribution is 0.107. The molecule has 0 spiro atoms. The van der Waals surface area contributed by atoms with E-state index < -0.39 is 0 Å². The fraction of sp³-hybridized carbons (Fsp3) is 0.647. The summed E-state index contributed by atoms with van der Waals surface area (Å²) in [6.45, 7) is 5.91. The molecule has 1 aliphatic heterocycles. The molecule has 1 saturated heterocycles. The van der Waals surface area contributed by atoms with E-state index in [0.717, 1.165) is 19.4 Å². The van der Waals surface area contributed by atoms with Crippen molar-refractivity contribution in [1.82, 2.24) is 10.2 Å². The molecule has 3 heteroatoms. The summed E-state index contributed by atoms with van der Waals surface area (Å²) in [6, 6.07) is 11.7. The van der Waals surface area contributed by atoms with Gasteiger partial charge in [0.25, 0.3) is 0 Å².